The summed E-state index contributed by atoms with van der Waals surface area (Å²) in [6.45, 7) is 0. The minimum Gasteiger partial charge on any atom is -0.507 e. The first kappa shape index (κ1) is 20.5. The summed E-state index contributed by atoms with van der Waals surface area (Å²) in [5, 5.41) is 12.1. The van der Waals surface area contributed by atoms with Crippen LogP contribution in [0, 0.1) is 5.82 Å². The van der Waals surface area contributed by atoms with Gasteiger partial charge in [0.15, 0.2) is 0 Å². The highest BCUT2D eigenvalue weighted by atomic mass is 19.1. The largest absolute Gasteiger partial charge is 0.507 e. The van der Waals surface area contributed by atoms with Crippen molar-refractivity contribution in [1.82, 2.24) is 4.98 Å². The molecule has 2 heterocycles. The van der Waals surface area contributed by atoms with Crippen LogP contribution >= 0.6 is 0 Å². The van der Waals surface area contributed by atoms with Crippen molar-refractivity contribution in [2.24, 2.45) is 0 Å². The molecular weight excluding hydrogens is 423 g/mol. The van der Waals surface area contributed by atoms with Crippen LogP contribution < -0.4 is 9.64 Å². The van der Waals surface area contributed by atoms with Gasteiger partial charge in [0.25, 0.3) is 11.7 Å². The molecule has 1 aromatic heterocycles. The number of H-pyrrole nitrogens is 1. The number of nitrogens with one attached hydrogen (secondary N) is 1. The number of fused-ring (bicyclic) bond motifs is 1. The van der Waals surface area contributed by atoms with Crippen LogP contribution in [0.15, 0.2) is 84.6 Å². The highest BCUT2D eigenvalue weighted by Gasteiger charge is 2.48. The van der Waals surface area contributed by atoms with E-state index in [9.17, 15) is 19.1 Å². The smallest absolute Gasteiger partial charge is 0.300 e. The van der Waals surface area contributed by atoms with Crippen LogP contribution in [-0.4, -0.2) is 28.9 Å². The third kappa shape index (κ3) is 3.25. The molecule has 6 nitrogen and oxygen atoms in total. The van der Waals surface area contributed by atoms with Gasteiger partial charge in [0.05, 0.1) is 18.7 Å². The van der Waals surface area contributed by atoms with E-state index in [0.717, 1.165) is 5.52 Å². The molecule has 1 fully saturated rings. The van der Waals surface area contributed by atoms with Crippen molar-refractivity contribution in [3.8, 4) is 5.75 Å². The lowest BCUT2D eigenvalue weighted by molar-refractivity contribution is -0.132. The molecule has 5 rings (SSSR count). The molecule has 0 bridgehead atoms. The van der Waals surface area contributed by atoms with E-state index < -0.39 is 23.5 Å². The van der Waals surface area contributed by atoms with E-state index >= 15 is 0 Å². The summed E-state index contributed by atoms with van der Waals surface area (Å²) in [6.07, 6.45) is 1.59. The van der Waals surface area contributed by atoms with Gasteiger partial charge in [-0.2, -0.15) is 0 Å². The first-order chi connectivity index (χ1) is 16.0. The van der Waals surface area contributed by atoms with Gasteiger partial charge in [-0.3, -0.25) is 14.5 Å². The average molecular weight is 442 g/mol. The lowest BCUT2D eigenvalue weighted by Crippen LogP contribution is -2.29. The molecule has 1 aliphatic rings. The van der Waals surface area contributed by atoms with E-state index in [0.29, 0.717) is 22.3 Å². The molecule has 0 saturated carbocycles. The summed E-state index contributed by atoms with van der Waals surface area (Å²) in [5.74, 6) is -2.17. The Bertz CT molecular complexity index is 1440. The normalized spacial score (nSPS) is 17.6. The highest BCUT2D eigenvalue weighted by Crippen LogP contribution is 2.45. The predicted molar refractivity (Wildman–Crippen MR) is 122 cm³/mol. The number of hydrogen-bond donors (Lipinski definition) is 2. The number of rotatable bonds is 4. The van der Waals surface area contributed by atoms with Crippen LogP contribution in [0.2, 0.25) is 0 Å². The van der Waals surface area contributed by atoms with Gasteiger partial charge in [0.2, 0.25) is 0 Å². The van der Waals surface area contributed by atoms with Crippen LogP contribution in [0.5, 0.6) is 5.75 Å². The van der Waals surface area contributed by atoms with Crippen LogP contribution in [0.1, 0.15) is 17.2 Å². The number of para-hydroxylation sites is 2. The van der Waals surface area contributed by atoms with Crippen LogP contribution in [0.4, 0.5) is 10.1 Å². The van der Waals surface area contributed by atoms with E-state index in [1.54, 1.807) is 36.5 Å². The fourth-order valence-electron chi connectivity index (χ4n) is 4.32. The number of benzene rings is 3. The quantitative estimate of drug-likeness (QED) is 0.266. The number of carbonyl (C=O) groups is 2. The number of methoxy groups -OCH3 is 1. The van der Waals surface area contributed by atoms with Crippen molar-refractivity contribution < 1.29 is 23.8 Å². The monoisotopic (exact) mass is 442 g/mol. The van der Waals surface area contributed by atoms with E-state index in [1.165, 1.54) is 30.2 Å². The fourth-order valence-corrected chi connectivity index (χ4v) is 4.32. The van der Waals surface area contributed by atoms with Crippen molar-refractivity contribution >= 4 is 34.0 Å². The van der Waals surface area contributed by atoms with Crippen molar-refractivity contribution in [2.45, 2.75) is 6.04 Å². The number of carbonyl (C=O) groups excluding carboxylic acids is 2. The first-order valence-electron chi connectivity index (χ1n) is 10.3. The number of aliphatic hydroxyl groups is 1. The number of aromatic amines is 1. The Balaban J connectivity index is 1.80. The van der Waals surface area contributed by atoms with Gasteiger partial charge in [-0.15, -0.1) is 0 Å². The number of ether oxygens (including phenoxy) is 1. The zero-order chi connectivity index (χ0) is 23.1. The zero-order valence-electron chi connectivity index (χ0n) is 17.6. The maximum absolute atomic E-state index is 14.1. The van der Waals surface area contributed by atoms with E-state index in [2.05, 4.69) is 4.98 Å². The Morgan fingerprint density at radius 2 is 1.79 bits per heavy atom. The number of ketones is 1. The van der Waals surface area contributed by atoms with Crippen LogP contribution in [-0.2, 0) is 9.59 Å². The maximum atomic E-state index is 14.1. The minimum absolute atomic E-state index is 0.0986. The van der Waals surface area contributed by atoms with Gasteiger partial charge in [-0.05, 0) is 30.3 Å². The average Bonchev–Trinajstić information content (AvgIpc) is 3.38. The molecule has 1 aliphatic heterocycles. The number of halogens is 1. The molecule has 0 aliphatic carbocycles. The SMILES string of the molecule is COc1ccccc1C1/C(=C(\O)c2c[nH]c3ccccc23)C(=O)C(=O)N1c1cccc(F)c1. The molecule has 1 unspecified atom stereocenters. The molecule has 7 heteroatoms. The predicted octanol–water partition coefficient (Wildman–Crippen LogP) is 4.94. The highest BCUT2D eigenvalue weighted by molar-refractivity contribution is 6.51. The third-order valence-electron chi connectivity index (χ3n) is 5.81. The van der Waals surface area contributed by atoms with Gasteiger partial charge in [0, 0.05) is 33.9 Å². The number of hydrogen-bond acceptors (Lipinski definition) is 4. The molecule has 4 aromatic rings. The van der Waals surface area contributed by atoms with Gasteiger partial charge >= 0.3 is 0 Å². The topological polar surface area (TPSA) is 82.6 Å². The summed E-state index contributed by atoms with van der Waals surface area (Å²) in [6, 6.07) is 18.7. The molecule has 0 radical (unpaired) electrons. The zero-order valence-corrected chi connectivity index (χ0v) is 17.6. The number of nitrogens with zero attached hydrogens (tertiary/aromatic N) is 1. The number of Topliss-reactive ketones (excluding diaryl/α,β-unsaturated/α-hetero) is 1. The Kier molecular flexibility index (Phi) is 4.94. The second kappa shape index (κ2) is 7.94. The van der Waals surface area contributed by atoms with Crippen molar-refractivity contribution in [3.63, 3.8) is 0 Å². The van der Waals surface area contributed by atoms with Gasteiger partial charge < -0.3 is 14.8 Å². The van der Waals surface area contributed by atoms with Gasteiger partial charge in [-0.1, -0.05) is 42.5 Å². The van der Waals surface area contributed by atoms with E-state index in [4.69, 9.17) is 4.74 Å². The Morgan fingerprint density at radius 1 is 1.03 bits per heavy atom. The molecule has 1 saturated heterocycles. The third-order valence-corrected chi connectivity index (χ3v) is 5.81. The second-order valence-electron chi connectivity index (χ2n) is 7.64. The first-order valence-corrected chi connectivity index (χ1v) is 10.3. The molecule has 2 N–H and O–H groups in total. The summed E-state index contributed by atoms with van der Waals surface area (Å²) < 4.78 is 19.6. The van der Waals surface area contributed by atoms with Crippen molar-refractivity contribution in [1.29, 1.82) is 0 Å². The lowest BCUT2D eigenvalue weighted by Gasteiger charge is -2.26. The maximum Gasteiger partial charge on any atom is 0.300 e. The number of aliphatic hydroxyl groups excluding tert-OH is 1. The van der Waals surface area contributed by atoms with Crippen molar-refractivity contribution in [3.05, 3.63) is 102 Å². The van der Waals surface area contributed by atoms with Gasteiger partial charge in [0.1, 0.15) is 17.3 Å². The summed E-state index contributed by atoms with van der Waals surface area (Å²) >= 11 is 0. The number of aromatic nitrogens is 1. The molecule has 164 valence electrons. The van der Waals surface area contributed by atoms with E-state index in [1.807, 2.05) is 24.3 Å². The van der Waals surface area contributed by atoms with Gasteiger partial charge in [-0.25, -0.2) is 4.39 Å². The Morgan fingerprint density at radius 3 is 2.58 bits per heavy atom. The molecule has 33 heavy (non-hydrogen) atoms. The number of anilines is 1. The Hall–Kier alpha value is -4.39. The van der Waals surface area contributed by atoms with Crippen LogP contribution in [0.3, 0.4) is 0 Å². The van der Waals surface area contributed by atoms with Crippen molar-refractivity contribution in [2.75, 3.05) is 12.0 Å². The molecule has 1 atom stereocenters. The fraction of sp³-hybridized carbons (Fsp3) is 0.0769. The summed E-state index contributed by atoms with van der Waals surface area (Å²) in [4.78, 5) is 30.8. The van der Waals surface area contributed by atoms with Crippen LogP contribution in [0.25, 0.3) is 16.7 Å². The lowest BCUT2D eigenvalue weighted by atomic mass is 9.94. The molecular formula is C26H19FN2O4. The second-order valence-corrected chi connectivity index (χ2v) is 7.64. The molecule has 0 spiro atoms. The molecule has 3 aromatic carbocycles. The Labute approximate surface area is 188 Å². The minimum atomic E-state index is -1.02. The molecule has 1 amide bonds. The standard InChI is InChI=1S/C26H19FN2O4/c1-33-21-12-5-3-10-18(21)23-22(24(30)19-14-28-20-11-4-2-9-17(19)20)25(31)26(32)29(23)16-8-6-7-15(27)13-16/h2-14,23,28,30H,1H3/b24-22+. The summed E-state index contributed by atoms with van der Waals surface area (Å²) in [5.41, 5.74) is 1.75. The summed E-state index contributed by atoms with van der Waals surface area (Å²) in [7, 11) is 1.48. The number of amides is 1. The van der Waals surface area contributed by atoms with E-state index in [-0.39, 0.29) is 17.0 Å².